The average Bonchev–Trinajstić information content (AvgIpc) is 2.11. The number of rotatable bonds is 2. The number of nitrogens with zero attached hydrogens (tertiary/aromatic N) is 2. The van der Waals surface area contributed by atoms with Gasteiger partial charge in [0.1, 0.15) is 0 Å². The molecule has 0 radical (unpaired) electrons. The van der Waals surface area contributed by atoms with Gasteiger partial charge in [0, 0.05) is 12.1 Å². The van der Waals surface area contributed by atoms with Crippen molar-refractivity contribution in [3.63, 3.8) is 0 Å². The average molecular weight is 181 g/mol. The summed E-state index contributed by atoms with van der Waals surface area (Å²) in [5.41, 5.74) is 0. The predicted molar refractivity (Wildman–Crippen MR) is 53.3 cm³/mol. The predicted octanol–water partition coefficient (Wildman–Crippen LogP) is 0.971. The Morgan fingerprint density at radius 3 is 2.85 bits per heavy atom. The van der Waals surface area contributed by atoms with E-state index in [-0.39, 0.29) is 6.04 Å². The van der Waals surface area contributed by atoms with Gasteiger partial charge >= 0.3 is 0 Å². The summed E-state index contributed by atoms with van der Waals surface area (Å²) in [7, 11) is 2.16. The summed E-state index contributed by atoms with van der Waals surface area (Å²) in [6.45, 7) is 5.30. The van der Waals surface area contributed by atoms with Crippen LogP contribution in [0.1, 0.15) is 26.7 Å². The number of piperidine rings is 1. The highest BCUT2D eigenvalue weighted by molar-refractivity contribution is 4.90. The van der Waals surface area contributed by atoms with E-state index in [1.54, 1.807) is 0 Å². The molecule has 0 bridgehead atoms. The molecule has 1 heterocycles. The first kappa shape index (κ1) is 10.5. The van der Waals surface area contributed by atoms with Crippen LogP contribution >= 0.6 is 0 Å². The fourth-order valence-corrected chi connectivity index (χ4v) is 1.83. The zero-order valence-electron chi connectivity index (χ0n) is 8.75. The molecule has 0 aliphatic carbocycles. The highest BCUT2D eigenvalue weighted by Crippen LogP contribution is 2.15. The molecule has 3 atom stereocenters. The van der Waals surface area contributed by atoms with Gasteiger partial charge in [-0.25, -0.2) is 0 Å². The minimum absolute atomic E-state index is 0.0133. The van der Waals surface area contributed by atoms with E-state index in [1.165, 1.54) is 0 Å². The summed E-state index contributed by atoms with van der Waals surface area (Å²) in [5.74, 6) is 0. The van der Waals surface area contributed by atoms with Gasteiger partial charge in [-0.05, 0) is 40.3 Å². The van der Waals surface area contributed by atoms with Crippen molar-refractivity contribution < 1.29 is 0 Å². The molecule has 0 aromatic heterocycles. The van der Waals surface area contributed by atoms with Crippen LogP contribution in [-0.2, 0) is 0 Å². The standard InChI is InChI=1S/C10H19N3/c1-8(7-11)12-10-4-5-13(3)9(2)6-10/h8-10,12H,4-6H2,1-3H3. The van der Waals surface area contributed by atoms with Crippen LogP contribution in [0.2, 0.25) is 0 Å². The Kier molecular flexibility index (Phi) is 3.71. The molecule has 0 aromatic carbocycles. The second-order valence-corrected chi connectivity index (χ2v) is 4.07. The van der Waals surface area contributed by atoms with Crippen LogP contribution in [0.5, 0.6) is 0 Å². The number of likely N-dealkylation sites (tertiary alicyclic amines) is 1. The van der Waals surface area contributed by atoms with E-state index < -0.39 is 0 Å². The maximum Gasteiger partial charge on any atom is 0.0926 e. The highest BCUT2D eigenvalue weighted by Gasteiger charge is 2.23. The minimum atomic E-state index is -0.0133. The van der Waals surface area contributed by atoms with Crippen LogP contribution in [0.4, 0.5) is 0 Å². The SMILES string of the molecule is CC(C#N)NC1CCN(C)C(C)C1. The summed E-state index contributed by atoms with van der Waals surface area (Å²) < 4.78 is 0. The lowest BCUT2D eigenvalue weighted by molar-refractivity contribution is 0.166. The number of hydrogen-bond acceptors (Lipinski definition) is 3. The van der Waals surface area contributed by atoms with Crippen molar-refractivity contribution in [2.45, 2.75) is 44.8 Å². The molecular formula is C10H19N3. The second kappa shape index (κ2) is 4.59. The molecule has 0 saturated carbocycles. The van der Waals surface area contributed by atoms with Crippen LogP contribution in [-0.4, -0.2) is 36.6 Å². The Morgan fingerprint density at radius 1 is 1.62 bits per heavy atom. The zero-order valence-corrected chi connectivity index (χ0v) is 8.75. The quantitative estimate of drug-likeness (QED) is 0.690. The third-order valence-corrected chi connectivity index (χ3v) is 2.89. The number of nitriles is 1. The molecular weight excluding hydrogens is 162 g/mol. The number of hydrogen-bond donors (Lipinski definition) is 1. The summed E-state index contributed by atoms with van der Waals surface area (Å²) >= 11 is 0. The first-order valence-corrected chi connectivity index (χ1v) is 4.99. The highest BCUT2D eigenvalue weighted by atomic mass is 15.1. The molecule has 1 aliphatic heterocycles. The van der Waals surface area contributed by atoms with Crippen molar-refractivity contribution in [3.05, 3.63) is 0 Å². The molecule has 1 rings (SSSR count). The van der Waals surface area contributed by atoms with Crippen molar-refractivity contribution >= 4 is 0 Å². The summed E-state index contributed by atoms with van der Waals surface area (Å²) in [6.07, 6.45) is 2.31. The normalized spacial score (nSPS) is 32.5. The van der Waals surface area contributed by atoms with Crippen LogP contribution in [0, 0.1) is 11.3 Å². The van der Waals surface area contributed by atoms with E-state index >= 15 is 0 Å². The second-order valence-electron chi connectivity index (χ2n) is 4.07. The van der Waals surface area contributed by atoms with Gasteiger partial charge in [-0.15, -0.1) is 0 Å². The monoisotopic (exact) mass is 181 g/mol. The minimum Gasteiger partial charge on any atom is -0.304 e. The molecule has 1 fully saturated rings. The largest absolute Gasteiger partial charge is 0.304 e. The molecule has 0 spiro atoms. The lowest BCUT2D eigenvalue weighted by Gasteiger charge is -2.35. The summed E-state index contributed by atoms with van der Waals surface area (Å²) in [4.78, 5) is 2.37. The van der Waals surface area contributed by atoms with Crippen molar-refractivity contribution in [1.82, 2.24) is 10.2 Å². The molecule has 13 heavy (non-hydrogen) atoms. The molecule has 74 valence electrons. The van der Waals surface area contributed by atoms with Crippen molar-refractivity contribution in [2.24, 2.45) is 0 Å². The first-order valence-electron chi connectivity index (χ1n) is 4.99. The van der Waals surface area contributed by atoms with Gasteiger partial charge in [0.25, 0.3) is 0 Å². The Morgan fingerprint density at radius 2 is 2.31 bits per heavy atom. The zero-order chi connectivity index (χ0) is 9.84. The van der Waals surface area contributed by atoms with Gasteiger partial charge < -0.3 is 4.90 Å². The van der Waals surface area contributed by atoms with E-state index in [0.29, 0.717) is 12.1 Å². The molecule has 1 aliphatic rings. The Hall–Kier alpha value is -0.590. The topological polar surface area (TPSA) is 39.1 Å². The molecule has 0 amide bonds. The maximum absolute atomic E-state index is 8.66. The van der Waals surface area contributed by atoms with E-state index in [2.05, 4.69) is 30.3 Å². The van der Waals surface area contributed by atoms with E-state index in [0.717, 1.165) is 19.4 Å². The fourth-order valence-electron chi connectivity index (χ4n) is 1.83. The Labute approximate surface area is 80.7 Å². The molecule has 1 saturated heterocycles. The fraction of sp³-hybridized carbons (Fsp3) is 0.900. The molecule has 3 unspecified atom stereocenters. The van der Waals surface area contributed by atoms with Crippen molar-refractivity contribution in [2.75, 3.05) is 13.6 Å². The number of nitrogens with one attached hydrogen (secondary N) is 1. The van der Waals surface area contributed by atoms with E-state index in [9.17, 15) is 0 Å². The Balaban J connectivity index is 2.34. The van der Waals surface area contributed by atoms with Gasteiger partial charge in [0.05, 0.1) is 12.1 Å². The van der Waals surface area contributed by atoms with Gasteiger partial charge in [0.2, 0.25) is 0 Å². The van der Waals surface area contributed by atoms with Crippen LogP contribution in [0.25, 0.3) is 0 Å². The van der Waals surface area contributed by atoms with Crippen LogP contribution < -0.4 is 5.32 Å². The third kappa shape index (κ3) is 2.98. The molecule has 3 nitrogen and oxygen atoms in total. The van der Waals surface area contributed by atoms with Crippen molar-refractivity contribution in [1.29, 1.82) is 5.26 Å². The smallest absolute Gasteiger partial charge is 0.0926 e. The summed E-state index contributed by atoms with van der Waals surface area (Å²) in [5, 5.41) is 12.0. The van der Waals surface area contributed by atoms with Gasteiger partial charge in [-0.1, -0.05) is 0 Å². The van der Waals surface area contributed by atoms with Gasteiger partial charge in [-0.2, -0.15) is 5.26 Å². The lowest BCUT2D eigenvalue weighted by Crippen LogP contribution is -2.47. The lowest BCUT2D eigenvalue weighted by atomic mass is 9.98. The molecule has 1 N–H and O–H groups in total. The maximum atomic E-state index is 8.66. The first-order chi connectivity index (χ1) is 6.13. The van der Waals surface area contributed by atoms with Crippen molar-refractivity contribution in [3.8, 4) is 6.07 Å². The third-order valence-electron chi connectivity index (χ3n) is 2.89. The van der Waals surface area contributed by atoms with Gasteiger partial charge in [-0.3, -0.25) is 5.32 Å². The van der Waals surface area contributed by atoms with E-state index in [1.807, 2.05) is 6.92 Å². The Bertz CT molecular complexity index is 197. The van der Waals surface area contributed by atoms with E-state index in [4.69, 9.17) is 5.26 Å². The van der Waals surface area contributed by atoms with Gasteiger partial charge in [0.15, 0.2) is 0 Å². The van der Waals surface area contributed by atoms with Crippen LogP contribution in [0.3, 0.4) is 0 Å². The summed E-state index contributed by atoms with van der Waals surface area (Å²) in [6, 6.07) is 3.37. The van der Waals surface area contributed by atoms with Crippen LogP contribution in [0.15, 0.2) is 0 Å². The molecule has 0 aromatic rings. The molecule has 3 heteroatoms.